The number of pyridine rings is 1. The minimum atomic E-state index is -0.880. The lowest BCUT2D eigenvalue weighted by atomic mass is 10.2. The summed E-state index contributed by atoms with van der Waals surface area (Å²) in [6.07, 6.45) is 1.24. The molecule has 0 unspecified atom stereocenters. The Morgan fingerprint density at radius 1 is 1.19 bits per heavy atom. The van der Waals surface area contributed by atoms with Crippen molar-refractivity contribution in [3.05, 3.63) is 53.1 Å². The van der Waals surface area contributed by atoms with Crippen LogP contribution in [-0.2, 0) is 4.79 Å². The molecule has 2 N–H and O–H groups in total. The van der Waals surface area contributed by atoms with Crippen molar-refractivity contribution in [3.63, 3.8) is 0 Å². The number of carbonyl (C=O) groups excluding carboxylic acids is 2. The Kier molecular flexibility index (Phi) is 4.49. The average Bonchev–Trinajstić information content (AvgIpc) is 2.41. The van der Waals surface area contributed by atoms with E-state index < -0.39 is 11.7 Å². The van der Waals surface area contributed by atoms with Crippen LogP contribution in [0.25, 0.3) is 0 Å². The van der Waals surface area contributed by atoms with Crippen LogP contribution in [0.3, 0.4) is 0 Å². The quantitative estimate of drug-likeness (QED) is 0.856. The summed E-state index contributed by atoms with van der Waals surface area (Å²) in [5.41, 5.74) is 0.729. The fourth-order valence-electron chi connectivity index (χ4n) is 1.67. The molecule has 5 nitrogen and oxygen atoms in total. The molecule has 0 bridgehead atoms. The van der Waals surface area contributed by atoms with Crippen LogP contribution in [0, 0.1) is 5.82 Å². The minimum absolute atomic E-state index is 0.208. The lowest BCUT2D eigenvalue weighted by Crippen LogP contribution is -2.14. The molecule has 0 aliphatic heterocycles. The summed E-state index contributed by atoms with van der Waals surface area (Å²) in [6, 6.07) is 7.72. The molecule has 1 heterocycles. The number of nitrogens with one attached hydrogen (secondary N) is 2. The monoisotopic (exact) mass is 307 g/mol. The molecule has 0 saturated carbocycles. The summed E-state index contributed by atoms with van der Waals surface area (Å²) >= 11 is 5.53. The van der Waals surface area contributed by atoms with Gasteiger partial charge in [-0.1, -0.05) is 17.7 Å². The van der Waals surface area contributed by atoms with E-state index in [2.05, 4.69) is 15.6 Å². The highest BCUT2D eigenvalue weighted by molar-refractivity contribution is 6.30. The molecular formula is C14H11ClFN3O2. The Morgan fingerprint density at radius 2 is 1.86 bits per heavy atom. The van der Waals surface area contributed by atoms with Crippen molar-refractivity contribution in [3.8, 4) is 0 Å². The molecule has 108 valence electrons. The highest BCUT2D eigenvalue weighted by atomic mass is 35.5. The van der Waals surface area contributed by atoms with Gasteiger partial charge in [0.15, 0.2) is 11.0 Å². The molecule has 0 atom stereocenters. The Bertz CT molecular complexity index is 706. The van der Waals surface area contributed by atoms with Crippen molar-refractivity contribution in [1.29, 1.82) is 0 Å². The van der Waals surface area contributed by atoms with Gasteiger partial charge in [0.1, 0.15) is 0 Å². The standard InChI is InChI=1S/C14H11ClFN3O2/c1-8(20)18-9-3-2-4-10(7-9)19-14(21)11-5-6-17-13(15)12(11)16/h2-7H,1H3,(H,18,20)(H,19,21). The van der Waals surface area contributed by atoms with Crippen LogP contribution in [0.2, 0.25) is 5.15 Å². The zero-order chi connectivity index (χ0) is 15.4. The average molecular weight is 308 g/mol. The van der Waals surface area contributed by atoms with Crippen LogP contribution < -0.4 is 10.6 Å². The van der Waals surface area contributed by atoms with Crippen molar-refractivity contribution in [2.75, 3.05) is 10.6 Å². The van der Waals surface area contributed by atoms with Crippen LogP contribution in [0.15, 0.2) is 36.5 Å². The van der Waals surface area contributed by atoms with Gasteiger partial charge >= 0.3 is 0 Å². The van der Waals surface area contributed by atoms with E-state index >= 15 is 0 Å². The van der Waals surface area contributed by atoms with E-state index in [4.69, 9.17) is 11.6 Å². The summed E-state index contributed by atoms with van der Waals surface area (Å²) in [4.78, 5) is 26.5. The predicted molar refractivity (Wildman–Crippen MR) is 77.9 cm³/mol. The molecule has 0 aliphatic carbocycles. The number of hydrogen-bond donors (Lipinski definition) is 2. The smallest absolute Gasteiger partial charge is 0.258 e. The number of aromatic nitrogens is 1. The normalized spacial score (nSPS) is 10.0. The topological polar surface area (TPSA) is 71.1 Å². The largest absolute Gasteiger partial charge is 0.326 e. The van der Waals surface area contributed by atoms with Crippen LogP contribution in [0.4, 0.5) is 15.8 Å². The third-order valence-electron chi connectivity index (χ3n) is 2.53. The Hall–Kier alpha value is -2.47. The fraction of sp³-hybridized carbons (Fsp3) is 0.0714. The molecule has 21 heavy (non-hydrogen) atoms. The SMILES string of the molecule is CC(=O)Nc1cccc(NC(=O)c2ccnc(Cl)c2F)c1. The van der Waals surface area contributed by atoms with Crippen LogP contribution in [-0.4, -0.2) is 16.8 Å². The first-order valence-corrected chi connectivity index (χ1v) is 6.34. The molecule has 7 heteroatoms. The van der Waals surface area contributed by atoms with Gasteiger partial charge in [-0.15, -0.1) is 0 Å². The maximum Gasteiger partial charge on any atom is 0.258 e. The van der Waals surface area contributed by atoms with Gasteiger partial charge in [0.05, 0.1) is 5.56 Å². The molecule has 2 amide bonds. The van der Waals surface area contributed by atoms with Gasteiger partial charge in [0.2, 0.25) is 5.91 Å². The third kappa shape index (κ3) is 3.76. The highest BCUT2D eigenvalue weighted by Gasteiger charge is 2.15. The Balaban J connectivity index is 2.20. The summed E-state index contributed by atoms with van der Waals surface area (Å²) in [7, 11) is 0. The molecule has 2 aromatic rings. The van der Waals surface area contributed by atoms with Gasteiger partial charge in [0, 0.05) is 24.5 Å². The number of rotatable bonds is 3. The van der Waals surface area contributed by atoms with Gasteiger partial charge in [0.25, 0.3) is 5.91 Å². The molecule has 0 saturated heterocycles. The van der Waals surface area contributed by atoms with E-state index in [1.807, 2.05) is 0 Å². The molecule has 0 fully saturated rings. The fourth-order valence-corrected chi connectivity index (χ4v) is 1.83. The van der Waals surface area contributed by atoms with E-state index in [1.54, 1.807) is 24.3 Å². The summed E-state index contributed by atoms with van der Waals surface area (Å²) in [5.74, 6) is -1.77. The lowest BCUT2D eigenvalue weighted by molar-refractivity contribution is -0.114. The lowest BCUT2D eigenvalue weighted by Gasteiger charge is -2.08. The van der Waals surface area contributed by atoms with E-state index in [0.717, 1.165) is 0 Å². The van der Waals surface area contributed by atoms with Crippen molar-refractivity contribution in [2.45, 2.75) is 6.92 Å². The van der Waals surface area contributed by atoms with Crippen molar-refractivity contribution in [1.82, 2.24) is 4.98 Å². The Labute approximate surface area is 125 Å². The van der Waals surface area contributed by atoms with E-state index in [9.17, 15) is 14.0 Å². The van der Waals surface area contributed by atoms with Crippen LogP contribution >= 0.6 is 11.6 Å². The number of carbonyl (C=O) groups is 2. The maximum absolute atomic E-state index is 13.7. The first kappa shape index (κ1) is 14.9. The Morgan fingerprint density at radius 3 is 2.52 bits per heavy atom. The van der Waals surface area contributed by atoms with Crippen molar-refractivity contribution < 1.29 is 14.0 Å². The number of halogens is 2. The van der Waals surface area contributed by atoms with Gasteiger partial charge in [-0.25, -0.2) is 9.37 Å². The molecule has 1 aromatic carbocycles. The first-order valence-electron chi connectivity index (χ1n) is 5.96. The van der Waals surface area contributed by atoms with Gasteiger partial charge in [-0.3, -0.25) is 9.59 Å². The zero-order valence-corrected chi connectivity index (χ0v) is 11.7. The van der Waals surface area contributed by atoms with E-state index in [1.165, 1.54) is 19.2 Å². The summed E-state index contributed by atoms with van der Waals surface area (Å²) in [6.45, 7) is 1.37. The third-order valence-corrected chi connectivity index (χ3v) is 2.80. The number of benzene rings is 1. The maximum atomic E-state index is 13.7. The molecule has 0 spiro atoms. The van der Waals surface area contributed by atoms with E-state index in [-0.39, 0.29) is 16.6 Å². The molecule has 0 radical (unpaired) electrons. The van der Waals surface area contributed by atoms with Gasteiger partial charge in [-0.05, 0) is 24.3 Å². The summed E-state index contributed by atoms with van der Waals surface area (Å²) < 4.78 is 13.7. The number of anilines is 2. The summed E-state index contributed by atoms with van der Waals surface area (Å²) in [5, 5.41) is 4.74. The minimum Gasteiger partial charge on any atom is -0.326 e. The zero-order valence-electron chi connectivity index (χ0n) is 11.0. The molecular weight excluding hydrogens is 297 g/mol. The van der Waals surface area contributed by atoms with Crippen molar-refractivity contribution >= 4 is 34.8 Å². The van der Waals surface area contributed by atoms with Crippen LogP contribution in [0.5, 0.6) is 0 Å². The second kappa shape index (κ2) is 6.32. The van der Waals surface area contributed by atoms with Crippen molar-refractivity contribution in [2.24, 2.45) is 0 Å². The first-order chi connectivity index (χ1) is 9.97. The van der Waals surface area contributed by atoms with Gasteiger partial charge in [-0.2, -0.15) is 0 Å². The number of nitrogens with zero attached hydrogens (tertiary/aromatic N) is 1. The highest BCUT2D eigenvalue weighted by Crippen LogP contribution is 2.19. The number of amides is 2. The second-order valence-corrected chi connectivity index (χ2v) is 4.54. The predicted octanol–water partition coefficient (Wildman–Crippen LogP) is 3.08. The van der Waals surface area contributed by atoms with E-state index in [0.29, 0.717) is 11.4 Å². The van der Waals surface area contributed by atoms with Gasteiger partial charge < -0.3 is 10.6 Å². The second-order valence-electron chi connectivity index (χ2n) is 4.18. The molecule has 2 rings (SSSR count). The molecule has 1 aromatic heterocycles. The van der Waals surface area contributed by atoms with Crippen LogP contribution in [0.1, 0.15) is 17.3 Å². The number of hydrogen-bond acceptors (Lipinski definition) is 3. The molecule has 0 aliphatic rings.